The van der Waals surface area contributed by atoms with E-state index < -0.39 is 10.0 Å². The first-order valence-electron chi connectivity index (χ1n) is 4.11. The third kappa shape index (κ3) is 2.80. The van der Waals surface area contributed by atoms with Crippen LogP contribution in [-0.4, -0.2) is 22.3 Å². The van der Waals surface area contributed by atoms with Gasteiger partial charge in [0.2, 0.25) is 10.0 Å². The van der Waals surface area contributed by atoms with E-state index in [1.807, 2.05) is 6.92 Å². The highest BCUT2D eigenvalue weighted by molar-refractivity contribution is 7.89. The van der Waals surface area contributed by atoms with Crippen LogP contribution in [0, 0.1) is 6.92 Å². The lowest BCUT2D eigenvalue weighted by Gasteiger charge is -2.05. The van der Waals surface area contributed by atoms with Crippen LogP contribution in [0.1, 0.15) is 5.56 Å². The second-order valence-electron chi connectivity index (χ2n) is 2.89. The van der Waals surface area contributed by atoms with Gasteiger partial charge in [0.15, 0.2) is 0 Å². The minimum Gasteiger partial charge on any atom is -0.369 e. The summed E-state index contributed by atoms with van der Waals surface area (Å²) in [5.41, 5.74) is 1.02. The minimum absolute atomic E-state index is 0.0176. The molecule has 4 nitrogen and oxygen atoms in total. The number of ether oxygens (including phenoxy) is 1. The molecule has 0 heterocycles. The number of sulfonamides is 1. The van der Waals surface area contributed by atoms with Gasteiger partial charge in [-0.1, -0.05) is 17.7 Å². The normalized spacial score (nSPS) is 11.6. The number of benzene rings is 1. The number of nitrogens with one attached hydrogen (secondary N) is 1. The Morgan fingerprint density at radius 1 is 1.29 bits per heavy atom. The Kier molecular flexibility index (Phi) is 3.62. The summed E-state index contributed by atoms with van der Waals surface area (Å²) in [5, 5.41) is 0. The van der Waals surface area contributed by atoms with Gasteiger partial charge in [0.1, 0.15) is 6.73 Å². The Labute approximate surface area is 84.0 Å². The molecule has 0 saturated heterocycles. The predicted molar refractivity (Wildman–Crippen MR) is 53.4 cm³/mol. The number of hydrogen-bond acceptors (Lipinski definition) is 3. The van der Waals surface area contributed by atoms with Crippen LogP contribution in [0.5, 0.6) is 0 Å². The topological polar surface area (TPSA) is 55.4 Å². The summed E-state index contributed by atoms with van der Waals surface area (Å²) in [6, 6.07) is 6.63. The molecule has 78 valence electrons. The molecule has 0 spiro atoms. The van der Waals surface area contributed by atoms with Gasteiger partial charge in [0, 0.05) is 7.11 Å². The van der Waals surface area contributed by atoms with Crippen LogP contribution in [-0.2, 0) is 14.8 Å². The highest BCUT2D eigenvalue weighted by Gasteiger charge is 2.11. The third-order valence-corrected chi connectivity index (χ3v) is 3.12. The van der Waals surface area contributed by atoms with Gasteiger partial charge in [0.05, 0.1) is 4.90 Å². The lowest BCUT2D eigenvalue weighted by molar-refractivity contribution is 0.194. The van der Waals surface area contributed by atoms with Crippen molar-refractivity contribution in [1.29, 1.82) is 0 Å². The van der Waals surface area contributed by atoms with Gasteiger partial charge in [-0.2, -0.15) is 4.72 Å². The van der Waals surface area contributed by atoms with Crippen LogP contribution in [0.15, 0.2) is 29.2 Å². The summed E-state index contributed by atoms with van der Waals surface area (Å²) in [4.78, 5) is 0.250. The van der Waals surface area contributed by atoms with E-state index in [4.69, 9.17) is 0 Å². The van der Waals surface area contributed by atoms with Gasteiger partial charge in [-0.3, -0.25) is 0 Å². The first kappa shape index (κ1) is 11.2. The summed E-state index contributed by atoms with van der Waals surface area (Å²) < 4.78 is 29.9. The summed E-state index contributed by atoms with van der Waals surface area (Å²) in [7, 11) is -1.99. The number of rotatable bonds is 4. The molecule has 0 amide bonds. The Bertz CT molecular complexity index is 383. The largest absolute Gasteiger partial charge is 0.369 e. The van der Waals surface area contributed by atoms with Gasteiger partial charge in [-0.15, -0.1) is 0 Å². The zero-order valence-electron chi connectivity index (χ0n) is 8.15. The van der Waals surface area contributed by atoms with Crippen molar-refractivity contribution in [2.45, 2.75) is 11.8 Å². The molecule has 1 rings (SSSR count). The summed E-state index contributed by atoms with van der Waals surface area (Å²) >= 11 is 0. The lowest BCUT2D eigenvalue weighted by atomic mass is 10.2. The van der Waals surface area contributed by atoms with Crippen LogP contribution in [0.2, 0.25) is 0 Å². The van der Waals surface area contributed by atoms with E-state index in [-0.39, 0.29) is 11.6 Å². The molecule has 1 aromatic rings. The van der Waals surface area contributed by atoms with Crippen molar-refractivity contribution >= 4 is 10.0 Å². The van der Waals surface area contributed by atoms with Gasteiger partial charge < -0.3 is 4.74 Å². The van der Waals surface area contributed by atoms with Crippen molar-refractivity contribution in [2.24, 2.45) is 0 Å². The summed E-state index contributed by atoms with van der Waals surface area (Å²) in [5.74, 6) is 0. The summed E-state index contributed by atoms with van der Waals surface area (Å²) in [6.45, 7) is 1.88. The average molecular weight is 215 g/mol. The van der Waals surface area contributed by atoms with Crippen LogP contribution in [0.3, 0.4) is 0 Å². The monoisotopic (exact) mass is 215 g/mol. The molecular weight excluding hydrogens is 202 g/mol. The maximum Gasteiger partial charge on any atom is 0.242 e. The highest BCUT2D eigenvalue weighted by atomic mass is 32.2. The molecule has 0 aromatic heterocycles. The molecule has 1 aromatic carbocycles. The molecule has 0 fully saturated rings. The SMILES string of the molecule is COCNS(=O)(=O)c1ccc(C)cc1. The predicted octanol–water partition coefficient (Wildman–Crippen LogP) is 0.877. The van der Waals surface area contributed by atoms with E-state index in [1.165, 1.54) is 7.11 Å². The van der Waals surface area contributed by atoms with Gasteiger partial charge in [0.25, 0.3) is 0 Å². The van der Waals surface area contributed by atoms with Crippen LogP contribution in [0.4, 0.5) is 0 Å². The Morgan fingerprint density at radius 2 is 1.86 bits per heavy atom. The molecule has 1 N–H and O–H groups in total. The van der Waals surface area contributed by atoms with E-state index in [0.29, 0.717) is 0 Å². The van der Waals surface area contributed by atoms with Crippen LogP contribution in [0.25, 0.3) is 0 Å². The molecule has 5 heteroatoms. The van der Waals surface area contributed by atoms with E-state index >= 15 is 0 Å². The molecule has 0 bridgehead atoms. The fraction of sp³-hybridized carbons (Fsp3) is 0.333. The number of aryl methyl sites for hydroxylation is 1. The first-order chi connectivity index (χ1) is 6.56. The van der Waals surface area contributed by atoms with E-state index in [0.717, 1.165) is 5.56 Å². The molecule has 0 saturated carbocycles. The van der Waals surface area contributed by atoms with E-state index in [2.05, 4.69) is 9.46 Å². The van der Waals surface area contributed by atoms with Crippen LogP contribution < -0.4 is 4.72 Å². The van der Waals surface area contributed by atoms with E-state index in [9.17, 15) is 8.42 Å². The minimum atomic E-state index is -3.41. The van der Waals surface area contributed by atoms with Crippen molar-refractivity contribution in [3.63, 3.8) is 0 Å². The zero-order chi connectivity index (χ0) is 10.6. The number of methoxy groups -OCH3 is 1. The van der Waals surface area contributed by atoms with Crippen molar-refractivity contribution in [1.82, 2.24) is 4.72 Å². The Morgan fingerprint density at radius 3 is 2.36 bits per heavy atom. The molecule has 14 heavy (non-hydrogen) atoms. The molecule has 0 radical (unpaired) electrons. The molecular formula is C9H13NO3S. The van der Waals surface area contributed by atoms with Crippen molar-refractivity contribution in [3.8, 4) is 0 Å². The average Bonchev–Trinajstić information content (AvgIpc) is 2.16. The van der Waals surface area contributed by atoms with Crippen molar-refractivity contribution < 1.29 is 13.2 Å². The first-order valence-corrected chi connectivity index (χ1v) is 5.60. The summed E-state index contributed by atoms with van der Waals surface area (Å²) in [6.07, 6.45) is 0. The lowest BCUT2D eigenvalue weighted by Crippen LogP contribution is -2.25. The molecule has 0 atom stereocenters. The smallest absolute Gasteiger partial charge is 0.242 e. The van der Waals surface area contributed by atoms with Gasteiger partial charge >= 0.3 is 0 Å². The van der Waals surface area contributed by atoms with Crippen LogP contribution >= 0.6 is 0 Å². The fourth-order valence-corrected chi connectivity index (χ4v) is 1.87. The second-order valence-corrected chi connectivity index (χ2v) is 4.66. The van der Waals surface area contributed by atoms with Crippen molar-refractivity contribution in [2.75, 3.05) is 13.8 Å². The van der Waals surface area contributed by atoms with Gasteiger partial charge in [-0.05, 0) is 19.1 Å². The Hall–Kier alpha value is -0.910. The van der Waals surface area contributed by atoms with Gasteiger partial charge in [-0.25, -0.2) is 8.42 Å². The Balaban J connectivity index is 2.87. The highest BCUT2D eigenvalue weighted by Crippen LogP contribution is 2.09. The molecule has 0 aliphatic heterocycles. The molecule has 0 unspecified atom stereocenters. The molecule has 0 aliphatic carbocycles. The van der Waals surface area contributed by atoms with E-state index in [1.54, 1.807) is 24.3 Å². The maximum absolute atomic E-state index is 11.5. The second kappa shape index (κ2) is 4.54. The fourth-order valence-electron chi connectivity index (χ4n) is 0.937. The maximum atomic E-state index is 11.5. The van der Waals surface area contributed by atoms with Crippen molar-refractivity contribution in [3.05, 3.63) is 29.8 Å². The molecule has 0 aliphatic rings. The quantitative estimate of drug-likeness (QED) is 0.758. The zero-order valence-corrected chi connectivity index (χ0v) is 8.97. The third-order valence-electron chi connectivity index (χ3n) is 1.72. The number of hydrogen-bond donors (Lipinski definition) is 1. The standard InChI is InChI=1S/C9H13NO3S/c1-8-3-5-9(6-4-8)14(11,12)10-7-13-2/h3-6,10H,7H2,1-2H3.